The number of nitrogens with one attached hydrogen (secondary N) is 1. The first-order valence-electron chi connectivity index (χ1n) is 7.66. The molecule has 25 heavy (non-hydrogen) atoms. The van der Waals surface area contributed by atoms with Crippen molar-refractivity contribution in [1.29, 1.82) is 0 Å². The lowest BCUT2D eigenvalue weighted by atomic mass is 9.87. The van der Waals surface area contributed by atoms with E-state index in [1.54, 1.807) is 36.4 Å². The summed E-state index contributed by atoms with van der Waals surface area (Å²) >= 11 is 0. The molecule has 2 N–H and O–H groups in total. The molecule has 0 amide bonds. The fraction of sp³-hybridized carbons (Fsp3) is 0.278. The first-order chi connectivity index (χ1) is 11.6. The van der Waals surface area contributed by atoms with E-state index in [1.165, 1.54) is 19.4 Å². The van der Waals surface area contributed by atoms with Gasteiger partial charge in [-0.1, -0.05) is 32.9 Å². The molecule has 0 aliphatic carbocycles. The second-order valence-corrected chi connectivity index (χ2v) is 8.22. The van der Waals surface area contributed by atoms with Crippen LogP contribution in [0, 0.1) is 0 Å². The molecule has 0 radical (unpaired) electrons. The molecular formula is C18H22N2O4S. The number of methoxy groups -OCH3 is 1. The molecule has 0 fully saturated rings. The Morgan fingerprint density at radius 2 is 1.76 bits per heavy atom. The van der Waals surface area contributed by atoms with Crippen molar-refractivity contribution < 1.29 is 18.3 Å². The highest BCUT2D eigenvalue weighted by atomic mass is 32.2. The average Bonchev–Trinajstić information content (AvgIpc) is 2.54. The molecule has 0 aliphatic rings. The van der Waals surface area contributed by atoms with Crippen molar-refractivity contribution in [2.45, 2.75) is 31.1 Å². The molecule has 2 rings (SSSR count). The first-order valence-corrected chi connectivity index (χ1v) is 9.14. The third kappa shape index (κ3) is 4.73. The van der Waals surface area contributed by atoms with E-state index >= 15 is 0 Å². The maximum atomic E-state index is 12.3. The van der Waals surface area contributed by atoms with Gasteiger partial charge in [0, 0.05) is 0 Å². The number of phenolic OH excluding ortho intramolecular Hbond substituents is 1. The second-order valence-electron chi connectivity index (χ2n) is 6.56. The number of benzene rings is 2. The van der Waals surface area contributed by atoms with Gasteiger partial charge in [0.05, 0.1) is 18.2 Å². The lowest BCUT2D eigenvalue weighted by molar-refractivity contribution is 0.373. The maximum absolute atomic E-state index is 12.3. The Kier molecular flexibility index (Phi) is 5.37. The molecule has 7 heteroatoms. The molecule has 134 valence electrons. The van der Waals surface area contributed by atoms with E-state index in [2.05, 4.69) is 30.7 Å². The van der Waals surface area contributed by atoms with Crippen molar-refractivity contribution >= 4 is 16.2 Å². The second kappa shape index (κ2) is 7.14. The first kappa shape index (κ1) is 18.8. The van der Waals surface area contributed by atoms with Gasteiger partial charge in [0.1, 0.15) is 0 Å². The van der Waals surface area contributed by atoms with E-state index in [4.69, 9.17) is 4.74 Å². The Morgan fingerprint density at radius 3 is 2.28 bits per heavy atom. The highest BCUT2D eigenvalue weighted by Gasteiger charge is 2.17. The van der Waals surface area contributed by atoms with E-state index in [0.29, 0.717) is 11.3 Å². The van der Waals surface area contributed by atoms with E-state index < -0.39 is 10.0 Å². The zero-order valence-electron chi connectivity index (χ0n) is 14.6. The van der Waals surface area contributed by atoms with Gasteiger partial charge in [0.2, 0.25) is 0 Å². The van der Waals surface area contributed by atoms with Crippen LogP contribution >= 0.6 is 0 Å². The maximum Gasteiger partial charge on any atom is 0.276 e. The summed E-state index contributed by atoms with van der Waals surface area (Å²) in [5.41, 5.74) is 1.53. The van der Waals surface area contributed by atoms with Gasteiger partial charge >= 0.3 is 0 Å². The lowest BCUT2D eigenvalue weighted by Crippen LogP contribution is -2.19. The van der Waals surface area contributed by atoms with Crippen molar-refractivity contribution in [2.75, 3.05) is 7.11 Å². The van der Waals surface area contributed by atoms with Crippen LogP contribution in [0.2, 0.25) is 0 Å². The molecule has 0 aromatic heterocycles. The third-order valence-electron chi connectivity index (χ3n) is 3.62. The van der Waals surface area contributed by atoms with Gasteiger partial charge in [-0.2, -0.15) is 13.5 Å². The number of phenols is 1. The summed E-state index contributed by atoms with van der Waals surface area (Å²) in [5, 5.41) is 13.4. The summed E-state index contributed by atoms with van der Waals surface area (Å²) in [6.07, 6.45) is 1.31. The smallest absolute Gasteiger partial charge is 0.276 e. The highest BCUT2D eigenvalue weighted by molar-refractivity contribution is 7.89. The van der Waals surface area contributed by atoms with Gasteiger partial charge in [0.25, 0.3) is 10.0 Å². The molecule has 0 atom stereocenters. The van der Waals surface area contributed by atoms with Crippen molar-refractivity contribution in [3.05, 3.63) is 53.6 Å². The monoisotopic (exact) mass is 362 g/mol. The standard InChI is InChI=1S/C18H22N2O4S/c1-18(2,3)14-6-8-15(9-7-14)25(22,23)20-19-12-13-5-10-17(24-4)16(21)11-13/h5-12,20-21H,1-4H3/b19-12-. The minimum Gasteiger partial charge on any atom is -0.504 e. The molecule has 0 bridgehead atoms. The third-order valence-corrected chi connectivity index (χ3v) is 4.86. The summed E-state index contributed by atoms with van der Waals surface area (Å²) in [7, 11) is -2.30. The summed E-state index contributed by atoms with van der Waals surface area (Å²) in [5.74, 6) is 0.281. The summed E-state index contributed by atoms with van der Waals surface area (Å²) in [6, 6.07) is 11.3. The number of rotatable bonds is 5. The van der Waals surface area contributed by atoms with E-state index in [-0.39, 0.29) is 16.1 Å². The summed E-state index contributed by atoms with van der Waals surface area (Å²) in [4.78, 5) is 2.29. The minimum atomic E-state index is -3.75. The lowest BCUT2D eigenvalue weighted by Gasteiger charge is -2.19. The van der Waals surface area contributed by atoms with Gasteiger partial charge in [-0.15, -0.1) is 0 Å². The van der Waals surface area contributed by atoms with Crippen LogP contribution in [0.3, 0.4) is 0 Å². The molecule has 0 unspecified atom stereocenters. The molecule has 2 aromatic carbocycles. The van der Waals surface area contributed by atoms with Crippen LogP contribution in [-0.2, 0) is 15.4 Å². The van der Waals surface area contributed by atoms with Crippen molar-refractivity contribution in [1.82, 2.24) is 4.83 Å². The van der Waals surface area contributed by atoms with Crippen LogP contribution in [0.5, 0.6) is 11.5 Å². The molecule has 0 saturated heterocycles. The van der Waals surface area contributed by atoms with Crippen LogP contribution in [0.15, 0.2) is 52.5 Å². The van der Waals surface area contributed by atoms with E-state index in [0.717, 1.165) is 5.56 Å². The zero-order chi connectivity index (χ0) is 18.7. The van der Waals surface area contributed by atoms with Gasteiger partial charge < -0.3 is 9.84 Å². The number of ether oxygens (including phenoxy) is 1. The summed E-state index contributed by atoms with van der Waals surface area (Å²) in [6.45, 7) is 6.18. The number of hydrazone groups is 1. The highest BCUT2D eigenvalue weighted by Crippen LogP contribution is 2.25. The molecular weight excluding hydrogens is 340 g/mol. The Bertz CT molecular complexity index is 867. The van der Waals surface area contributed by atoms with Crippen molar-refractivity contribution in [3.63, 3.8) is 0 Å². The number of hydrogen-bond acceptors (Lipinski definition) is 5. The van der Waals surface area contributed by atoms with Crippen molar-refractivity contribution in [3.8, 4) is 11.5 Å². The number of aromatic hydroxyl groups is 1. The molecule has 0 saturated carbocycles. The van der Waals surface area contributed by atoms with Crippen LogP contribution in [-0.4, -0.2) is 26.8 Å². The fourth-order valence-electron chi connectivity index (χ4n) is 2.14. The van der Waals surface area contributed by atoms with Crippen LogP contribution < -0.4 is 9.57 Å². The zero-order valence-corrected chi connectivity index (χ0v) is 15.5. The van der Waals surface area contributed by atoms with Crippen LogP contribution in [0.4, 0.5) is 0 Å². The summed E-state index contributed by atoms with van der Waals surface area (Å²) < 4.78 is 29.5. The van der Waals surface area contributed by atoms with Gasteiger partial charge in [0.15, 0.2) is 11.5 Å². The minimum absolute atomic E-state index is 0.0490. The Balaban J connectivity index is 2.12. The van der Waals surface area contributed by atoms with Crippen molar-refractivity contribution in [2.24, 2.45) is 5.10 Å². The topological polar surface area (TPSA) is 88.0 Å². The number of hydrogen-bond donors (Lipinski definition) is 2. The average molecular weight is 362 g/mol. The molecule has 0 heterocycles. The quantitative estimate of drug-likeness (QED) is 0.632. The van der Waals surface area contributed by atoms with Gasteiger partial charge in [-0.3, -0.25) is 0 Å². The normalized spacial score (nSPS) is 12.3. The van der Waals surface area contributed by atoms with Gasteiger partial charge in [-0.25, -0.2) is 4.83 Å². The largest absolute Gasteiger partial charge is 0.504 e. The fourth-order valence-corrected chi connectivity index (χ4v) is 2.94. The SMILES string of the molecule is COc1ccc(/C=N\NS(=O)(=O)c2ccc(C(C)(C)C)cc2)cc1O. The van der Waals surface area contributed by atoms with Crippen LogP contribution in [0.25, 0.3) is 0 Å². The molecule has 0 aliphatic heterocycles. The molecule has 2 aromatic rings. The predicted octanol–water partition coefficient (Wildman–Crippen LogP) is 3.01. The Labute approximate surface area is 148 Å². The Morgan fingerprint density at radius 1 is 1.12 bits per heavy atom. The van der Waals surface area contributed by atoms with Gasteiger partial charge in [-0.05, 0) is 46.9 Å². The molecule has 0 spiro atoms. The van der Waals surface area contributed by atoms with E-state index in [1.807, 2.05) is 0 Å². The molecule has 6 nitrogen and oxygen atoms in total. The van der Waals surface area contributed by atoms with E-state index in [9.17, 15) is 13.5 Å². The number of nitrogens with zero attached hydrogens (tertiary/aromatic N) is 1. The number of sulfonamides is 1. The predicted molar refractivity (Wildman–Crippen MR) is 97.7 cm³/mol. The Hall–Kier alpha value is -2.54. The van der Waals surface area contributed by atoms with Crippen LogP contribution in [0.1, 0.15) is 31.9 Å².